The molecular formula is C20H27N3O. The molecule has 4 heteroatoms. The SMILES string of the molecule is CCC(=O)N1CC[C@@H](NCc2ccc3ncccc3c2)[C@@H](CC)C1. The summed E-state index contributed by atoms with van der Waals surface area (Å²) >= 11 is 0. The molecule has 0 spiro atoms. The smallest absolute Gasteiger partial charge is 0.222 e. The lowest BCUT2D eigenvalue weighted by Crippen LogP contribution is -2.50. The largest absolute Gasteiger partial charge is 0.342 e. The number of carbonyl (C=O) groups excluding carboxylic acids is 1. The predicted molar refractivity (Wildman–Crippen MR) is 97.6 cm³/mol. The molecule has 1 N–H and O–H groups in total. The molecule has 4 nitrogen and oxygen atoms in total. The van der Waals surface area contributed by atoms with Gasteiger partial charge in [-0.1, -0.05) is 32.4 Å². The number of nitrogens with one attached hydrogen (secondary N) is 1. The van der Waals surface area contributed by atoms with E-state index in [0.29, 0.717) is 18.4 Å². The monoisotopic (exact) mass is 325 g/mol. The van der Waals surface area contributed by atoms with Crippen LogP contribution in [0.5, 0.6) is 0 Å². The van der Waals surface area contributed by atoms with Crippen molar-refractivity contribution in [3.05, 3.63) is 42.1 Å². The fraction of sp³-hybridized carbons (Fsp3) is 0.500. The molecule has 24 heavy (non-hydrogen) atoms. The van der Waals surface area contributed by atoms with Crippen molar-refractivity contribution in [1.29, 1.82) is 0 Å². The molecule has 3 rings (SSSR count). The summed E-state index contributed by atoms with van der Waals surface area (Å²) in [7, 11) is 0. The van der Waals surface area contributed by atoms with Crippen LogP contribution in [0, 0.1) is 5.92 Å². The average molecular weight is 325 g/mol. The van der Waals surface area contributed by atoms with Crippen LogP contribution in [-0.2, 0) is 11.3 Å². The number of piperidine rings is 1. The number of amides is 1. The van der Waals surface area contributed by atoms with Gasteiger partial charge in [0.2, 0.25) is 5.91 Å². The van der Waals surface area contributed by atoms with Crippen LogP contribution in [0.3, 0.4) is 0 Å². The van der Waals surface area contributed by atoms with E-state index in [1.54, 1.807) is 0 Å². The molecule has 2 aromatic rings. The Balaban J connectivity index is 1.61. The molecule has 0 aliphatic carbocycles. The van der Waals surface area contributed by atoms with Crippen molar-refractivity contribution < 1.29 is 4.79 Å². The minimum absolute atomic E-state index is 0.286. The molecule has 1 fully saturated rings. The third kappa shape index (κ3) is 3.75. The lowest BCUT2D eigenvalue weighted by molar-refractivity contribution is -0.133. The van der Waals surface area contributed by atoms with Gasteiger partial charge < -0.3 is 10.2 Å². The van der Waals surface area contributed by atoms with Gasteiger partial charge in [-0.3, -0.25) is 9.78 Å². The van der Waals surface area contributed by atoms with Crippen molar-refractivity contribution >= 4 is 16.8 Å². The summed E-state index contributed by atoms with van der Waals surface area (Å²) in [5, 5.41) is 4.91. The normalized spacial score (nSPS) is 21.2. The predicted octanol–water partition coefficient (Wildman–Crippen LogP) is 3.36. The Morgan fingerprint density at radius 3 is 3.00 bits per heavy atom. The molecule has 1 amide bonds. The van der Waals surface area contributed by atoms with E-state index in [0.717, 1.165) is 38.0 Å². The standard InChI is InChI=1S/C20H27N3O/c1-3-16-14-23(20(24)4-2)11-9-19(16)22-13-15-7-8-18-17(12-15)6-5-10-21-18/h5-8,10,12,16,19,22H,3-4,9,11,13-14H2,1-2H3/t16-,19+/m0/s1. The van der Waals surface area contributed by atoms with Gasteiger partial charge in [-0.05, 0) is 36.1 Å². The van der Waals surface area contributed by atoms with Crippen LogP contribution in [-0.4, -0.2) is 34.9 Å². The second kappa shape index (κ2) is 7.75. The summed E-state index contributed by atoms with van der Waals surface area (Å²) in [6.07, 6.45) is 4.59. The number of hydrogen-bond acceptors (Lipinski definition) is 3. The fourth-order valence-electron chi connectivity index (χ4n) is 3.65. The van der Waals surface area contributed by atoms with E-state index >= 15 is 0 Å². The molecule has 1 aromatic carbocycles. The quantitative estimate of drug-likeness (QED) is 0.917. The zero-order valence-electron chi connectivity index (χ0n) is 14.7. The minimum atomic E-state index is 0.286. The van der Waals surface area contributed by atoms with Crippen LogP contribution in [0.1, 0.15) is 38.7 Å². The first kappa shape index (κ1) is 16.9. The number of hydrogen-bond donors (Lipinski definition) is 1. The van der Waals surface area contributed by atoms with Gasteiger partial charge in [-0.15, -0.1) is 0 Å². The Labute approximate surface area is 144 Å². The van der Waals surface area contributed by atoms with E-state index in [1.807, 2.05) is 24.1 Å². The van der Waals surface area contributed by atoms with Crippen LogP contribution in [0.2, 0.25) is 0 Å². The highest BCUT2D eigenvalue weighted by Gasteiger charge is 2.29. The third-order valence-corrected chi connectivity index (χ3v) is 5.15. The average Bonchev–Trinajstić information content (AvgIpc) is 2.65. The molecule has 128 valence electrons. The summed E-state index contributed by atoms with van der Waals surface area (Å²) in [6, 6.07) is 11.0. The number of likely N-dealkylation sites (tertiary alicyclic amines) is 1. The van der Waals surface area contributed by atoms with Crippen molar-refractivity contribution in [3.8, 4) is 0 Å². The number of fused-ring (bicyclic) bond motifs is 1. The zero-order valence-corrected chi connectivity index (χ0v) is 14.7. The summed E-state index contributed by atoms with van der Waals surface area (Å²) in [5.74, 6) is 0.824. The Bertz CT molecular complexity index is 700. The van der Waals surface area contributed by atoms with E-state index in [2.05, 4.69) is 41.5 Å². The summed E-state index contributed by atoms with van der Waals surface area (Å²) in [6.45, 7) is 6.81. The second-order valence-electron chi connectivity index (χ2n) is 6.67. The maximum absolute atomic E-state index is 11.9. The van der Waals surface area contributed by atoms with E-state index < -0.39 is 0 Å². The highest BCUT2D eigenvalue weighted by Crippen LogP contribution is 2.22. The van der Waals surface area contributed by atoms with Crippen molar-refractivity contribution in [2.45, 2.75) is 45.7 Å². The summed E-state index contributed by atoms with van der Waals surface area (Å²) in [4.78, 5) is 18.3. The zero-order chi connectivity index (χ0) is 16.9. The highest BCUT2D eigenvalue weighted by molar-refractivity contribution is 5.78. The molecule has 0 unspecified atom stereocenters. The van der Waals surface area contributed by atoms with E-state index in [-0.39, 0.29) is 5.91 Å². The van der Waals surface area contributed by atoms with Gasteiger partial charge in [-0.2, -0.15) is 0 Å². The number of carbonyl (C=O) groups is 1. The van der Waals surface area contributed by atoms with Crippen LogP contribution in [0.25, 0.3) is 10.9 Å². The van der Waals surface area contributed by atoms with E-state index in [9.17, 15) is 4.79 Å². The van der Waals surface area contributed by atoms with E-state index in [1.165, 1.54) is 10.9 Å². The van der Waals surface area contributed by atoms with Crippen molar-refractivity contribution in [3.63, 3.8) is 0 Å². The van der Waals surface area contributed by atoms with Crippen LogP contribution in [0.4, 0.5) is 0 Å². The van der Waals surface area contributed by atoms with Crippen LogP contribution in [0.15, 0.2) is 36.5 Å². The molecule has 0 radical (unpaired) electrons. The van der Waals surface area contributed by atoms with Gasteiger partial charge in [0.15, 0.2) is 0 Å². The molecule has 2 heterocycles. The van der Waals surface area contributed by atoms with Gasteiger partial charge in [-0.25, -0.2) is 0 Å². The Morgan fingerprint density at radius 1 is 1.33 bits per heavy atom. The number of nitrogens with zero attached hydrogens (tertiary/aromatic N) is 2. The molecule has 2 atom stereocenters. The number of pyridine rings is 1. The van der Waals surface area contributed by atoms with Gasteiger partial charge in [0.05, 0.1) is 5.52 Å². The first-order valence-electron chi connectivity index (χ1n) is 9.06. The fourth-order valence-corrected chi connectivity index (χ4v) is 3.65. The van der Waals surface area contributed by atoms with Crippen LogP contribution < -0.4 is 5.32 Å². The Hall–Kier alpha value is -1.94. The lowest BCUT2D eigenvalue weighted by atomic mass is 9.89. The molecule has 1 aliphatic rings. The molecule has 1 aromatic heterocycles. The number of benzene rings is 1. The Kier molecular flexibility index (Phi) is 5.46. The number of rotatable bonds is 5. The first-order valence-corrected chi connectivity index (χ1v) is 9.06. The highest BCUT2D eigenvalue weighted by atomic mass is 16.2. The molecule has 1 aliphatic heterocycles. The van der Waals surface area contributed by atoms with Crippen LogP contribution >= 0.6 is 0 Å². The minimum Gasteiger partial charge on any atom is -0.342 e. The second-order valence-corrected chi connectivity index (χ2v) is 6.67. The van der Waals surface area contributed by atoms with Crippen molar-refractivity contribution in [2.75, 3.05) is 13.1 Å². The maximum atomic E-state index is 11.9. The van der Waals surface area contributed by atoms with Crippen molar-refractivity contribution in [1.82, 2.24) is 15.2 Å². The van der Waals surface area contributed by atoms with Gasteiger partial charge >= 0.3 is 0 Å². The molecular weight excluding hydrogens is 298 g/mol. The summed E-state index contributed by atoms with van der Waals surface area (Å²) < 4.78 is 0. The topological polar surface area (TPSA) is 45.2 Å². The number of aromatic nitrogens is 1. The van der Waals surface area contributed by atoms with Gasteiger partial charge in [0.25, 0.3) is 0 Å². The van der Waals surface area contributed by atoms with Gasteiger partial charge in [0, 0.05) is 43.7 Å². The van der Waals surface area contributed by atoms with Gasteiger partial charge in [0.1, 0.15) is 0 Å². The van der Waals surface area contributed by atoms with Crippen molar-refractivity contribution in [2.24, 2.45) is 5.92 Å². The first-order chi connectivity index (χ1) is 11.7. The third-order valence-electron chi connectivity index (χ3n) is 5.15. The molecule has 1 saturated heterocycles. The summed E-state index contributed by atoms with van der Waals surface area (Å²) in [5.41, 5.74) is 2.33. The maximum Gasteiger partial charge on any atom is 0.222 e. The molecule has 0 saturated carbocycles. The Morgan fingerprint density at radius 2 is 2.21 bits per heavy atom. The lowest BCUT2D eigenvalue weighted by Gasteiger charge is -2.38. The molecule has 0 bridgehead atoms. The van der Waals surface area contributed by atoms with E-state index in [4.69, 9.17) is 0 Å².